The van der Waals surface area contributed by atoms with Crippen molar-refractivity contribution in [3.8, 4) is 0 Å². The minimum atomic E-state index is -3.09. The van der Waals surface area contributed by atoms with Crippen molar-refractivity contribution in [2.24, 2.45) is 0 Å². The van der Waals surface area contributed by atoms with Crippen LogP contribution >= 0.6 is 0 Å². The third-order valence-electron chi connectivity index (χ3n) is 6.08. The molecule has 3 aliphatic heterocycles. The molecule has 144 valence electrons. The molecule has 3 fully saturated rings. The quantitative estimate of drug-likeness (QED) is 0.783. The van der Waals surface area contributed by atoms with Gasteiger partial charge in [-0.3, -0.25) is 9.88 Å². The van der Waals surface area contributed by atoms with Gasteiger partial charge in [-0.15, -0.1) is 0 Å². The maximum absolute atomic E-state index is 12.0. The van der Waals surface area contributed by atoms with Crippen LogP contribution in [0.4, 0.5) is 0 Å². The standard InChI is InChI=1S/C19H29N3O3S/c1-26(23,24)22-16-2-3-17(22)13-19(12-16)25-18-6-10-21(11-7-18)14-15-4-8-20-9-5-15/h4-5,8-9,16-19H,2-3,6-7,10-14H2,1H3/t16-,17+,19?. The van der Waals surface area contributed by atoms with Crippen molar-refractivity contribution in [1.82, 2.24) is 14.2 Å². The number of piperidine rings is 2. The van der Waals surface area contributed by atoms with Gasteiger partial charge in [0.05, 0.1) is 18.5 Å². The van der Waals surface area contributed by atoms with E-state index < -0.39 is 10.0 Å². The second-order valence-corrected chi connectivity index (χ2v) is 9.93. The fraction of sp³-hybridized carbons (Fsp3) is 0.737. The van der Waals surface area contributed by atoms with Crippen molar-refractivity contribution in [1.29, 1.82) is 0 Å². The third-order valence-corrected chi connectivity index (χ3v) is 7.44. The number of likely N-dealkylation sites (tertiary alicyclic amines) is 1. The van der Waals surface area contributed by atoms with Gasteiger partial charge >= 0.3 is 0 Å². The summed E-state index contributed by atoms with van der Waals surface area (Å²) in [5.74, 6) is 0. The fourth-order valence-electron chi connectivity index (χ4n) is 4.96. The third kappa shape index (κ3) is 4.11. The number of aromatic nitrogens is 1. The van der Waals surface area contributed by atoms with E-state index in [9.17, 15) is 8.42 Å². The van der Waals surface area contributed by atoms with E-state index in [0.29, 0.717) is 6.10 Å². The normalized spacial score (nSPS) is 31.3. The Bertz CT molecular complexity index is 690. The number of rotatable bonds is 5. The molecule has 0 spiro atoms. The zero-order chi connectivity index (χ0) is 18.1. The molecule has 2 bridgehead atoms. The predicted molar refractivity (Wildman–Crippen MR) is 100 cm³/mol. The van der Waals surface area contributed by atoms with E-state index >= 15 is 0 Å². The summed E-state index contributed by atoms with van der Waals surface area (Å²) in [6, 6.07) is 4.46. The molecule has 1 unspecified atom stereocenters. The molecule has 1 aromatic heterocycles. The van der Waals surface area contributed by atoms with Crippen molar-refractivity contribution in [3.05, 3.63) is 30.1 Å². The number of hydrogen-bond acceptors (Lipinski definition) is 5. The maximum Gasteiger partial charge on any atom is 0.211 e. The summed E-state index contributed by atoms with van der Waals surface area (Å²) in [4.78, 5) is 6.55. The van der Waals surface area contributed by atoms with Gasteiger partial charge in [-0.05, 0) is 56.2 Å². The van der Waals surface area contributed by atoms with Crippen LogP contribution in [0.15, 0.2) is 24.5 Å². The number of hydrogen-bond donors (Lipinski definition) is 0. The first-order valence-electron chi connectivity index (χ1n) is 9.74. The van der Waals surface area contributed by atoms with Gasteiger partial charge in [0.1, 0.15) is 0 Å². The Kier molecular flexibility index (Phi) is 5.32. The van der Waals surface area contributed by atoms with Gasteiger partial charge in [-0.1, -0.05) is 0 Å². The van der Waals surface area contributed by atoms with Crippen LogP contribution in [0.1, 0.15) is 44.1 Å². The highest BCUT2D eigenvalue weighted by Crippen LogP contribution is 2.39. The molecule has 1 aromatic rings. The molecule has 0 saturated carbocycles. The minimum absolute atomic E-state index is 0.153. The van der Waals surface area contributed by atoms with Crippen molar-refractivity contribution in [3.63, 3.8) is 0 Å². The van der Waals surface area contributed by atoms with Gasteiger partial charge in [-0.25, -0.2) is 8.42 Å². The molecular formula is C19H29N3O3S. The highest BCUT2D eigenvalue weighted by molar-refractivity contribution is 7.88. The van der Waals surface area contributed by atoms with Crippen molar-refractivity contribution in [2.75, 3.05) is 19.3 Å². The lowest BCUT2D eigenvalue weighted by molar-refractivity contribution is -0.0696. The van der Waals surface area contributed by atoms with E-state index in [1.54, 1.807) is 4.31 Å². The Morgan fingerprint density at radius 2 is 1.65 bits per heavy atom. The molecule has 26 heavy (non-hydrogen) atoms. The average Bonchev–Trinajstić information content (AvgIpc) is 2.90. The average molecular weight is 380 g/mol. The lowest BCUT2D eigenvalue weighted by atomic mass is 10.0. The summed E-state index contributed by atoms with van der Waals surface area (Å²) in [5.41, 5.74) is 1.31. The predicted octanol–water partition coefficient (Wildman–Crippen LogP) is 2.02. The van der Waals surface area contributed by atoms with Crippen LogP contribution in [0.25, 0.3) is 0 Å². The molecule has 3 saturated heterocycles. The molecular weight excluding hydrogens is 350 g/mol. The summed E-state index contributed by atoms with van der Waals surface area (Å²) >= 11 is 0. The highest BCUT2D eigenvalue weighted by Gasteiger charge is 2.46. The van der Waals surface area contributed by atoms with Gasteiger partial charge < -0.3 is 4.74 Å². The SMILES string of the molecule is CS(=O)(=O)N1[C@@H]2CC[C@H]1CC(OC1CCN(Cc3ccncc3)CC1)C2. The van der Waals surface area contributed by atoms with E-state index in [-0.39, 0.29) is 18.2 Å². The van der Waals surface area contributed by atoms with E-state index in [2.05, 4.69) is 22.0 Å². The Labute approximate surface area is 156 Å². The van der Waals surface area contributed by atoms with E-state index in [0.717, 1.165) is 58.2 Å². The summed E-state index contributed by atoms with van der Waals surface area (Å²) in [5, 5.41) is 0. The Hall–Kier alpha value is -1.02. The number of fused-ring (bicyclic) bond motifs is 2. The summed E-state index contributed by atoms with van der Waals surface area (Å²) in [7, 11) is -3.09. The first-order chi connectivity index (χ1) is 12.5. The topological polar surface area (TPSA) is 62.7 Å². The molecule has 0 radical (unpaired) electrons. The zero-order valence-corrected chi connectivity index (χ0v) is 16.3. The zero-order valence-electron chi connectivity index (χ0n) is 15.5. The monoisotopic (exact) mass is 379 g/mol. The van der Waals surface area contributed by atoms with Crippen molar-refractivity contribution in [2.45, 2.75) is 69.4 Å². The molecule has 7 heteroatoms. The van der Waals surface area contributed by atoms with Gasteiger partial charge in [0.15, 0.2) is 0 Å². The van der Waals surface area contributed by atoms with Gasteiger partial charge in [0, 0.05) is 44.1 Å². The van der Waals surface area contributed by atoms with Gasteiger partial charge in [0.2, 0.25) is 10.0 Å². The molecule has 4 heterocycles. The summed E-state index contributed by atoms with van der Waals surface area (Å²) < 4.78 is 32.2. The van der Waals surface area contributed by atoms with Gasteiger partial charge in [0.25, 0.3) is 0 Å². The first-order valence-corrected chi connectivity index (χ1v) is 11.6. The number of nitrogens with zero attached hydrogens (tertiary/aromatic N) is 3. The lowest BCUT2D eigenvalue weighted by Gasteiger charge is -2.40. The van der Waals surface area contributed by atoms with Crippen LogP contribution in [0.2, 0.25) is 0 Å². The number of ether oxygens (including phenoxy) is 1. The molecule has 3 aliphatic rings. The molecule has 0 aliphatic carbocycles. The Morgan fingerprint density at radius 3 is 2.23 bits per heavy atom. The van der Waals surface area contributed by atoms with E-state index in [1.165, 1.54) is 11.8 Å². The van der Waals surface area contributed by atoms with Crippen LogP contribution in [-0.4, -0.2) is 66.2 Å². The Morgan fingerprint density at radius 1 is 1.04 bits per heavy atom. The number of pyridine rings is 1. The fourth-order valence-corrected chi connectivity index (χ4v) is 6.42. The highest BCUT2D eigenvalue weighted by atomic mass is 32.2. The molecule has 0 aromatic carbocycles. The van der Waals surface area contributed by atoms with Crippen LogP contribution in [0.3, 0.4) is 0 Å². The first kappa shape index (κ1) is 18.3. The van der Waals surface area contributed by atoms with Crippen molar-refractivity contribution < 1.29 is 13.2 Å². The molecule has 0 amide bonds. The second-order valence-electron chi connectivity index (χ2n) is 8.04. The lowest BCUT2D eigenvalue weighted by Crippen LogP contribution is -2.49. The van der Waals surface area contributed by atoms with Crippen LogP contribution < -0.4 is 0 Å². The Balaban J connectivity index is 1.26. The van der Waals surface area contributed by atoms with E-state index in [1.807, 2.05) is 12.4 Å². The van der Waals surface area contributed by atoms with Crippen LogP contribution in [-0.2, 0) is 21.3 Å². The van der Waals surface area contributed by atoms with E-state index in [4.69, 9.17) is 4.74 Å². The molecule has 4 rings (SSSR count). The van der Waals surface area contributed by atoms with Crippen LogP contribution in [0.5, 0.6) is 0 Å². The summed E-state index contributed by atoms with van der Waals surface area (Å²) in [6.45, 7) is 3.09. The van der Waals surface area contributed by atoms with Gasteiger partial charge in [-0.2, -0.15) is 4.31 Å². The maximum atomic E-state index is 12.0. The minimum Gasteiger partial charge on any atom is -0.375 e. The van der Waals surface area contributed by atoms with Crippen LogP contribution in [0, 0.1) is 0 Å². The summed E-state index contributed by atoms with van der Waals surface area (Å²) in [6.07, 6.45) is 11.4. The molecule has 0 N–H and O–H groups in total. The van der Waals surface area contributed by atoms with Crippen molar-refractivity contribution >= 4 is 10.0 Å². The largest absolute Gasteiger partial charge is 0.375 e. The number of sulfonamides is 1. The molecule has 3 atom stereocenters. The second kappa shape index (κ2) is 7.54. The smallest absolute Gasteiger partial charge is 0.211 e. The molecule has 6 nitrogen and oxygen atoms in total.